The standard InChI is InChI=1S/C15H22ClN3O3S/c1-19(23(21,22)13-7-5-12(16)6-8-13)10-15(20)18-14-4-2-3-11(14)9-17/h5-8,11,14H,2-4,9-10,17H2,1H3,(H,18,20). The van der Waals surface area contributed by atoms with Crippen LogP contribution in [0.15, 0.2) is 29.2 Å². The van der Waals surface area contributed by atoms with Crippen molar-refractivity contribution in [2.45, 2.75) is 30.2 Å². The van der Waals surface area contributed by atoms with Gasteiger partial charge in [0.1, 0.15) is 0 Å². The molecule has 6 nitrogen and oxygen atoms in total. The Morgan fingerprint density at radius 1 is 1.35 bits per heavy atom. The Morgan fingerprint density at radius 3 is 2.61 bits per heavy atom. The smallest absolute Gasteiger partial charge is 0.243 e. The van der Waals surface area contributed by atoms with Crippen LogP contribution in [0.3, 0.4) is 0 Å². The van der Waals surface area contributed by atoms with Crippen LogP contribution in [0.5, 0.6) is 0 Å². The van der Waals surface area contributed by atoms with Gasteiger partial charge in [0, 0.05) is 18.1 Å². The molecule has 1 fully saturated rings. The van der Waals surface area contributed by atoms with Gasteiger partial charge in [0.15, 0.2) is 0 Å². The Kier molecular flexibility index (Phi) is 6.02. The van der Waals surface area contributed by atoms with E-state index in [1.165, 1.54) is 31.3 Å². The van der Waals surface area contributed by atoms with Gasteiger partial charge in [-0.05, 0) is 49.6 Å². The van der Waals surface area contributed by atoms with Crippen molar-refractivity contribution < 1.29 is 13.2 Å². The highest BCUT2D eigenvalue weighted by Gasteiger charge is 2.29. The molecule has 0 radical (unpaired) electrons. The van der Waals surface area contributed by atoms with E-state index in [2.05, 4.69) is 5.32 Å². The molecule has 1 aromatic carbocycles. The van der Waals surface area contributed by atoms with Gasteiger partial charge in [-0.1, -0.05) is 18.0 Å². The fourth-order valence-electron chi connectivity index (χ4n) is 2.84. The Balaban J connectivity index is 1.98. The molecule has 0 aliphatic heterocycles. The first-order chi connectivity index (χ1) is 10.8. The third-order valence-electron chi connectivity index (χ3n) is 4.20. The van der Waals surface area contributed by atoms with E-state index in [9.17, 15) is 13.2 Å². The first-order valence-electron chi connectivity index (χ1n) is 7.56. The number of halogens is 1. The van der Waals surface area contributed by atoms with E-state index in [1.807, 2.05) is 0 Å². The normalized spacial score (nSPS) is 21.6. The summed E-state index contributed by atoms with van der Waals surface area (Å²) in [5.41, 5.74) is 5.69. The Labute approximate surface area is 142 Å². The van der Waals surface area contributed by atoms with Crippen LogP contribution in [0, 0.1) is 5.92 Å². The van der Waals surface area contributed by atoms with Gasteiger partial charge < -0.3 is 11.1 Å². The highest BCUT2D eigenvalue weighted by Crippen LogP contribution is 2.24. The topological polar surface area (TPSA) is 92.5 Å². The van der Waals surface area contributed by atoms with Crippen LogP contribution in [0.2, 0.25) is 5.02 Å². The molecule has 1 aliphatic carbocycles. The molecule has 128 valence electrons. The third kappa shape index (κ3) is 4.44. The molecule has 3 N–H and O–H groups in total. The Morgan fingerprint density at radius 2 is 2.00 bits per heavy atom. The van der Waals surface area contributed by atoms with E-state index in [-0.39, 0.29) is 29.3 Å². The molecule has 1 saturated carbocycles. The second-order valence-electron chi connectivity index (χ2n) is 5.82. The van der Waals surface area contributed by atoms with Gasteiger partial charge in [0.2, 0.25) is 15.9 Å². The van der Waals surface area contributed by atoms with Gasteiger partial charge in [0.25, 0.3) is 0 Å². The third-order valence-corrected chi connectivity index (χ3v) is 6.27. The predicted molar refractivity (Wildman–Crippen MR) is 89.6 cm³/mol. The van der Waals surface area contributed by atoms with Crippen LogP contribution < -0.4 is 11.1 Å². The number of carbonyl (C=O) groups is 1. The summed E-state index contributed by atoms with van der Waals surface area (Å²) in [7, 11) is -2.33. The zero-order chi connectivity index (χ0) is 17.0. The number of hydrogen-bond acceptors (Lipinski definition) is 4. The van der Waals surface area contributed by atoms with Crippen molar-refractivity contribution in [1.82, 2.24) is 9.62 Å². The average molecular weight is 360 g/mol. The zero-order valence-corrected chi connectivity index (χ0v) is 14.6. The van der Waals surface area contributed by atoms with Gasteiger partial charge in [-0.25, -0.2) is 8.42 Å². The van der Waals surface area contributed by atoms with Crippen molar-refractivity contribution >= 4 is 27.5 Å². The molecule has 0 heterocycles. The summed E-state index contributed by atoms with van der Waals surface area (Å²) in [4.78, 5) is 12.2. The molecular formula is C15H22ClN3O3S. The van der Waals surface area contributed by atoms with E-state index >= 15 is 0 Å². The average Bonchev–Trinajstić information content (AvgIpc) is 2.94. The van der Waals surface area contributed by atoms with E-state index < -0.39 is 10.0 Å². The molecular weight excluding hydrogens is 338 g/mol. The maximum atomic E-state index is 12.4. The molecule has 2 atom stereocenters. The van der Waals surface area contributed by atoms with Crippen LogP contribution in [-0.4, -0.2) is 44.8 Å². The minimum Gasteiger partial charge on any atom is -0.352 e. The Bertz CT molecular complexity index is 648. The molecule has 0 bridgehead atoms. The fourth-order valence-corrected chi connectivity index (χ4v) is 4.09. The second-order valence-corrected chi connectivity index (χ2v) is 8.30. The van der Waals surface area contributed by atoms with E-state index in [4.69, 9.17) is 17.3 Å². The predicted octanol–water partition coefficient (Wildman–Crippen LogP) is 1.20. The minimum atomic E-state index is -3.71. The van der Waals surface area contributed by atoms with E-state index in [1.54, 1.807) is 0 Å². The number of hydrogen-bond donors (Lipinski definition) is 2. The molecule has 8 heteroatoms. The SMILES string of the molecule is CN(CC(=O)NC1CCCC1CN)S(=O)(=O)c1ccc(Cl)cc1. The molecule has 0 saturated heterocycles. The summed E-state index contributed by atoms with van der Waals surface area (Å²) in [6.07, 6.45) is 2.92. The number of nitrogens with zero attached hydrogens (tertiary/aromatic N) is 1. The number of likely N-dealkylation sites (N-methyl/N-ethyl adjacent to an activating group) is 1. The van der Waals surface area contributed by atoms with Crippen molar-refractivity contribution in [2.75, 3.05) is 20.1 Å². The highest BCUT2D eigenvalue weighted by atomic mass is 35.5. The summed E-state index contributed by atoms with van der Waals surface area (Å²) in [6, 6.07) is 5.90. The van der Waals surface area contributed by atoms with Crippen LogP contribution in [-0.2, 0) is 14.8 Å². The number of amides is 1. The van der Waals surface area contributed by atoms with Gasteiger partial charge in [-0.15, -0.1) is 0 Å². The molecule has 23 heavy (non-hydrogen) atoms. The van der Waals surface area contributed by atoms with Gasteiger partial charge in [-0.3, -0.25) is 4.79 Å². The van der Waals surface area contributed by atoms with E-state index in [0.29, 0.717) is 11.6 Å². The number of rotatable bonds is 6. The molecule has 1 aromatic rings. The molecule has 0 spiro atoms. The highest BCUT2D eigenvalue weighted by molar-refractivity contribution is 7.89. The lowest BCUT2D eigenvalue weighted by molar-refractivity contribution is -0.122. The summed E-state index contributed by atoms with van der Waals surface area (Å²) in [5.74, 6) is -0.0347. The minimum absolute atomic E-state index is 0.0409. The van der Waals surface area contributed by atoms with Crippen LogP contribution >= 0.6 is 11.6 Å². The quantitative estimate of drug-likeness (QED) is 0.798. The number of benzene rings is 1. The number of sulfonamides is 1. The van der Waals surface area contributed by atoms with Crippen molar-refractivity contribution in [3.8, 4) is 0 Å². The summed E-state index contributed by atoms with van der Waals surface area (Å²) in [5, 5.41) is 3.35. The number of nitrogens with two attached hydrogens (primary N) is 1. The molecule has 0 aromatic heterocycles. The maximum absolute atomic E-state index is 12.4. The van der Waals surface area contributed by atoms with Crippen molar-refractivity contribution in [2.24, 2.45) is 11.7 Å². The summed E-state index contributed by atoms with van der Waals surface area (Å²) >= 11 is 5.77. The van der Waals surface area contributed by atoms with Crippen molar-refractivity contribution in [3.63, 3.8) is 0 Å². The lowest BCUT2D eigenvalue weighted by Crippen LogP contribution is -2.45. The molecule has 1 aliphatic rings. The molecule has 1 amide bonds. The largest absolute Gasteiger partial charge is 0.352 e. The van der Waals surface area contributed by atoms with Gasteiger partial charge in [0.05, 0.1) is 11.4 Å². The maximum Gasteiger partial charge on any atom is 0.243 e. The van der Waals surface area contributed by atoms with E-state index in [0.717, 1.165) is 23.6 Å². The Hall–Kier alpha value is -1.15. The number of carbonyl (C=O) groups excluding carboxylic acids is 1. The summed E-state index contributed by atoms with van der Waals surface area (Å²) in [6.45, 7) is 0.308. The fraction of sp³-hybridized carbons (Fsp3) is 0.533. The van der Waals surface area contributed by atoms with Gasteiger partial charge in [-0.2, -0.15) is 4.31 Å². The lowest BCUT2D eigenvalue weighted by atomic mass is 10.0. The number of nitrogens with one attached hydrogen (secondary N) is 1. The monoisotopic (exact) mass is 359 g/mol. The van der Waals surface area contributed by atoms with Crippen LogP contribution in [0.25, 0.3) is 0 Å². The second kappa shape index (κ2) is 7.61. The van der Waals surface area contributed by atoms with Crippen molar-refractivity contribution in [3.05, 3.63) is 29.3 Å². The lowest BCUT2D eigenvalue weighted by Gasteiger charge is -2.22. The first-order valence-corrected chi connectivity index (χ1v) is 9.37. The van der Waals surface area contributed by atoms with Crippen molar-refractivity contribution in [1.29, 1.82) is 0 Å². The van der Waals surface area contributed by atoms with Gasteiger partial charge >= 0.3 is 0 Å². The summed E-state index contributed by atoms with van der Waals surface area (Å²) < 4.78 is 25.9. The molecule has 2 unspecified atom stereocenters. The van der Waals surface area contributed by atoms with Crippen LogP contribution in [0.1, 0.15) is 19.3 Å². The first kappa shape index (κ1) is 18.2. The zero-order valence-electron chi connectivity index (χ0n) is 13.0. The van der Waals surface area contributed by atoms with Crippen LogP contribution in [0.4, 0.5) is 0 Å². The molecule has 2 rings (SSSR count).